The molecule has 0 aliphatic carbocycles. The van der Waals surface area contributed by atoms with Crippen LogP contribution in [-0.4, -0.2) is 19.6 Å². The van der Waals surface area contributed by atoms with Gasteiger partial charge < -0.3 is 5.73 Å². The quantitative estimate of drug-likeness (QED) is 0.527. The Bertz CT molecular complexity index is 613. The topological polar surface area (TPSA) is 69.1 Å². The fourth-order valence-electron chi connectivity index (χ4n) is 1.49. The maximum Gasteiger partial charge on any atom is 0.255 e. The van der Waals surface area contributed by atoms with Crippen molar-refractivity contribution < 1.29 is 0 Å². The summed E-state index contributed by atoms with van der Waals surface area (Å²) in [6.07, 6.45) is 3.39. The van der Waals surface area contributed by atoms with Crippen molar-refractivity contribution in [3.05, 3.63) is 30.7 Å². The van der Waals surface area contributed by atoms with Gasteiger partial charge in [-0.3, -0.25) is 4.40 Å². The van der Waals surface area contributed by atoms with E-state index in [1.54, 1.807) is 12.5 Å². The van der Waals surface area contributed by atoms with Crippen molar-refractivity contribution in [2.45, 2.75) is 0 Å². The number of rotatable bonds is 0. The van der Waals surface area contributed by atoms with Gasteiger partial charge in [0.25, 0.3) is 5.78 Å². The fraction of sp³-hybridized carbons (Fsp3) is 0. The van der Waals surface area contributed by atoms with Gasteiger partial charge in [0.15, 0.2) is 0 Å². The van der Waals surface area contributed by atoms with Crippen LogP contribution >= 0.6 is 0 Å². The molecule has 2 N–H and O–H groups in total. The molecule has 3 aromatic rings. The van der Waals surface area contributed by atoms with Gasteiger partial charge in [-0.05, 0) is 18.2 Å². The van der Waals surface area contributed by atoms with Crippen LogP contribution in [0.1, 0.15) is 0 Å². The van der Waals surface area contributed by atoms with E-state index in [2.05, 4.69) is 15.2 Å². The second-order valence-corrected chi connectivity index (χ2v) is 3.08. The highest BCUT2D eigenvalue weighted by Gasteiger charge is 2.01. The number of nitrogen functional groups attached to an aromatic ring is 1. The van der Waals surface area contributed by atoms with Crippen molar-refractivity contribution in [2.24, 2.45) is 0 Å². The van der Waals surface area contributed by atoms with E-state index in [4.69, 9.17) is 5.73 Å². The first-order valence-electron chi connectivity index (χ1n) is 4.18. The third kappa shape index (κ3) is 0.861. The van der Waals surface area contributed by atoms with Crippen LogP contribution in [0, 0.1) is 0 Å². The first kappa shape index (κ1) is 7.25. The van der Waals surface area contributed by atoms with E-state index in [0.29, 0.717) is 5.78 Å². The number of nitrogens with two attached hydrogens (primary N) is 1. The standard InChI is InChI=1S/C9H7N5/c10-7-2-1-6-4-11-9-13-12-5-14(9)8(6)3-7/h1-5H,10H2. The Morgan fingerprint density at radius 2 is 2.21 bits per heavy atom. The molecule has 0 atom stereocenters. The van der Waals surface area contributed by atoms with Crippen LogP contribution in [-0.2, 0) is 0 Å². The molecule has 0 spiro atoms. The van der Waals surface area contributed by atoms with Gasteiger partial charge in [0.2, 0.25) is 0 Å². The molecule has 14 heavy (non-hydrogen) atoms. The third-order valence-electron chi connectivity index (χ3n) is 2.16. The molecule has 0 aliphatic heterocycles. The zero-order valence-electron chi connectivity index (χ0n) is 7.25. The number of anilines is 1. The van der Waals surface area contributed by atoms with Crippen LogP contribution in [0.3, 0.4) is 0 Å². The van der Waals surface area contributed by atoms with E-state index in [9.17, 15) is 0 Å². The van der Waals surface area contributed by atoms with Crippen molar-refractivity contribution in [2.75, 3.05) is 5.73 Å². The van der Waals surface area contributed by atoms with Crippen LogP contribution in [0.15, 0.2) is 30.7 Å². The summed E-state index contributed by atoms with van der Waals surface area (Å²) in [5.41, 5.74) is 7.40. The van der Waals surface area contributed by atoms with Gasteiger partial charge in [-0.1, -0.05) is 0 Å². The minimum atomic E-state index is 0.586. The van der Waals surface area contributed by atoms with E-state index in [1.807, 2.05) is 22.6 Å². The minimum Gasteiger partial charge on any atom is -0.399 e. The van der Waals surface area contributed by atoms with E-state index in [1.165, 1.54) is 0 Å². The van der Waals surface area contributed by atoms with Gasteiger partial charge in [0.05, 0.1) is 5.52 Å². The lowest BCUT2D eigenvalue weighted by Crippen LogP contribution is -1.92. The van der Waals surface area contributed by atoms with Crippen LogP contribution < -0.4 is 5.73 Å². The number of aromatic nitrogens is 4. The van der Waals surface area contributed by atoms with Crippen molar-refractivity contribution in [1.82, 2.24) is 19.6 Å². The number of benzene rings is 1. The molecule has 68 valence electrons. The minimum absolute atomic E-state index is 0.586. The number of nitrogens with zero attached hydrogens (tertiary/aromatic N) is 4. The number of fused-ring (bicyclic) bond motifs is 3. The molecule has 0 unspecified atom stereocenters. The maximum absolute atomic E-state index is 5.71. The molecule has 2 heterocycles. The molecule has 0 radical (unpaired) electrons. The smallest absolute Gasteiger partial charge is 0.255 e. The van der Waals surface area contributed by atoms with Crippen molar-refractivity contribution in [1.29, 1.82) is 0 Å². The average molecular weight is 185 g/mol. The van der Waals surface area contributed by atoms with E-state index >= 15 is 0 Å². The second kappa shape index (κ2) is 2.41. The lowest BCUT2D eigenvalue weighted by molar-refractivity contribution is 1.10. The Morgan fingerprint density at radius 3 is 3.14 bits per heavy atom. The van der Waals surface area contributed by atoms with Crippen molar-refractivity contribution >= 4 is 22.4 Å². The Hall–Kier alpha value is -2.17. The van der Waals surface area contributed by atoms with E-state index < -0.39 is 0 Å². The maximum atomic E-state index is 5.71. The number of hydrogen-bond donors (Lipinski definition) is 1. The molecule has 5 heteroatoms. The molecule has 3 rings (SSSR count). The van der Waals surface area contributed by atoms with Crippen LogP contribution in [0.4, 0.5) is 5.69 Å². The first-order valence-corrected chi connectivity index (χ1v) is 4.18. The second-order valence-electron chi connectivity index (χ2n) is 3.08. The van der Waals surface area contributed by atoms with Gasteiger partial charge in [-0.2, -0.15) is 0 Å². The average Bonchev–Trinajstić information content (AvgIpc) is 2.65. The molecular formula is C9H7N5. The molecule has 1 aromatic carbocycles. The van der Waals surface area contributed by atoms with Gasteiger partial charge in [-0.25, -0.2) is 4.98 Å². The van der Waals surface area contributed by atoms with Gasteiger partial charge >= 0.3 is 0 Å². The molecular weight excluding hydrogens is 178 g/mol. The molecule has 2 aromatic heterocycles. The Morgan fingerprint density at radius 1 is 1.29 bits per heavy atom. The predicted octanol–water partition coefficient (Wildman–Crippen LogP) is 0.860. The lowest BCUT2D eigenvalue weighted by atomic mass is 10.2. The Labute approximate surface area is 79.2 Å². The summed E-state index contributed by atoms with van der Waals surface area (Å²) in [5, 5.41) is 8.67. The summed E-state index contributed by atoms with van der Waals surface area (Å²) in [5.74, 6) is 0.586. The molecule has 5 nitrogen and oxygen atoms in total. The fourth-order valence-corrected chi connectivity index (χ4v) is 1.49. The SMILES string of the molecule is Nc1ccc2cnc3nncn3c2c1. The summed E-state index contributed by atoms with van der Waals surface area (Å²) < 4.78 is 1.81. The Kier molecular flexibility index (Phi) is 1.25. The molecule has 0 amide bonds. The molecule has 0 bridgehead atoms. The van der Waals surface area contributed by atoms with Crippen LogP contribution in [0.25, 0.3) is 16.7 Å². The monoisotopic (exact) mass is 185 g/mol. The van der Waals surface area contributed by atoms with Gasteiger partial charge in [0.1, 0.15) is 6.33 Å². The van der Waals surface area contributed by atoms with Crippen LogP contribution in [0.2, 0.25) is 0 Å². The predicted molar refractivity (Wildman–Crippen MR) is 52.7 cm³/mol. The summed E-state index contributed by atoms with van der Waals surface area (Å²) >= 11 is 0. The molecule has 0 saturated carbocycles. The summed E-state index contributed by atoms with van der Waals surface area (Å²) in [4.78, 5) is 4.15. The summed E-state index contributed by atoms with van der Waals surface area (Å²) in [7, 11) is 0. The zero-order valence-corrected chi connectivity index (χ0v) is 7.25. The van der Waals surface area contributed by atoms with Crippen molar-refractivity contribution in [3.8, 4) is 0 Å². The molecule has 0 aliphatic rings. The number of hydrogen-bond acceptors (Lipinski definition) is 4. The largest absolute Gasteiger partial charge is 0.399 e. The van der Waals surface area contributed by atoms with Gasteiger partial charge in [-0.15, -0.1) is 10.2 Å². The van der Waals surface area contributed by atoms with Crippen molar-refractivity contribution in [3.63, 3.8) is 0 Å². The lowest BCUT2D eigenvalue weighted by Gasteiger charge is -2.00. The normalized spacial score (nSPS) is 11.1. The summed E-state index contributed by atoms with van der Waals surface area (Å²) in [6.45, 7) is 0. The van der Waals surface area contributed by atoms with E-state index in [0.717, 1.165) is 16.6 Å². The zero-order chi connectivity index (χ0) is 9.54. The first-order chi connectivity index (χ1) is 6.84. The highest BCUT2D eigenvalue weighted by atomic mass is 15.3. The van der Waals surface area contributed by atoms with Gasteiger partial charge in [0, 0.05) is 17.3 Å². The molecule has 0 saturated heterocycles. The summed E-state index contributed by atoms with van der Waals surface area (Å²) in [6, 6.07) is 5.66. The highest BCUT2D eigenvalue weighted by Crippen LogP contribution is 2.16. The molecule has 0 fully saturated rings. The highest BCUT2D eigenvalue weighted by molar-refractivity contribution is 5.82. The Balaban J connectivity index is 2.60. The van der Waals surface area contributed by atoms with E-state index in [-0.39, 0.29) is 0 Å². The third-order valence-corrected chi connectivity index (χ3v) is 2.16. The van der Waals surface area contributed by atoms with Crippen LogP contribution in [0.5, 0.6) is 0 Å².